The zero-order valence-electron chi connectivity index (χ0n) is 19.4. The molecule has 2 atom stereocenters. The maximum atomic E-state index is 13.2. The lowest BCUT2D eigenvalue weighted by molar-refractivity contribution is -0.140. The Morgan fingerprint density at radius 1 is 1.00 bits per heavy atom. The molecule has 1 N–H and O–H groups in total. The number of nitrogens with one attached hydrogen (secondary N) is 1. The summed E-state index contributed by atoms with van der Waals surface area (Å²) in [5, 5.41) is 2.82. The van der Waals surface area contributed by atoms with E-state index >= 15 is 0 Å². The first-order valence-corrected chi connectivity index (χ1v) is 12.0. The van der Waals surface area contributed by atoms with Crippen molar-refractivity contribution in [3.05, 3.63) is 70.8 Å². The van der Waals surface area contributed by atoms with Crippen molar-refractivity contribution in [3.63, 3.8) is 0 Å². The molecule has 1 saturated carbocycles. The number of hydrogen-bond acceptors (Lipinski definition) is 2. The predicted octanol–water partition coefficient (Wildman–Crippen LogP) is 5.45. The molecular formula is C27H31F3N2O2. The number of rotatable bonds is 5. The number of carbonyl (C=O) groups excluding carboxylic acids is 2. The highest BCUT2D eigenvalue weighted by Gasteiger charge is 2.37. The van der Waals surface area contributed by atoms with Crippen LogP contribution in [0.4, 0.5) is 13.2 Å². The number of amides is 2. The molecule has 4 nitrogen and oxygen atoms in total. The molecular weight excluding hydrogens is 441 g/mol. The van der Waals surface area contributed by atoms with Crippen LogP contribution in [0.5, 0.6) is 0 Å². The van der Waals surface area contributed by atoms with E-state index in [2.05, 4.69) is 11.4 Å². The summed E-state index contributed by atoms with van der Waals surface area (Å²) < 4.78 is 39.0. The first-order chi connectivity index (χ1) is 16.2. The van der Waals surface area contributed by atoms with Gasteiger partial charge in [0.15, 0.2) is 0 Å². The maximum absolute atomic E-state index is 13.2. The molecule has 4 rings (SSSR count). The number of alkyl halides is 3. The van der Waals surface area contributed by atoms with Crippen molar-refractivity contribution in [1.82, 2.24) is 10.2 Å². The molecule has 1 aliphatic carbocycles. The van der Waals surface area contributed by atoms with E-state index in [0.29, 0.717) is 25.1 Å². The lowest BCUT2D eigenvalue weighted by atomic mass is 9.83. The zero-order valence-corrected chi connectivity index (χ0v) is 19.4. The van der Waals surface area contributed by atoms with Gasteiger partial charge >= 0.3 is 6.18 Å². The largest absolute Gasteiger partial charge is 0.416 e. The molecule has 1 heterocycles. The SMILES string of the molecule is Cc1cccc(C2CC(C(=O)NCc3cccc(C(F)(F)F)c3)CN(C(=O)C3CCCC3)C2)c1. The van der Waals surface area contributed by atoms with Crippen LogP contribution in [0.15, 0.2) is 48.5 Å². The summed E-state index contributed by atoms with van der Waals surface area (Å²) in [5.74, 6) is -0.423. The number of hydrogen-bond donors (Lipinski definition) is 1. The van der Waals surface area contributed by atoms with Gasteiger partial charge in [0.25, 0.3) is 0 Å². The first-order valence-electron chi connectivity index (χ1n) is 12.0. The number of nitrogens with zero attached hydrogens (tertiary/aromatic N) is 1. The Kier molecular flexibility index (Phi) is 7.29. The molecule has 182 valence electrons. The third kappa shape index (κ3) is 5.80. The number of aryl methyl sites for hydroxylation is 1. The van der Waals surface area contributed by atoms with Crippen molar-refractivity contribution in [2.75, 3.05) is 13.1 Å². The molecule has 0 spiro atoms. The van der Waals surface area contributed by atoms with Gasteiger partial charge < -0.3 is 10.2 Å². The van der Waals surface area contributed by atoms with Crippen LogP contribution in [-0.4, -0.2) is 29.8 Å². The number of halogens is 3. The minimum Gasteiger partial charge on any atom is -0.352 e. The number of carbonyl (C=O) groups is 2. The molecule has 0 bridgehead atoms. The smallest absolute Gasteiger partial charge is 0.352 e. The van der Waals surface area contributed by atoms with Gasteiger partial charge in [-0.15, -0.1) is 0 Å². The van der Waals surface area contributed by atoms with Gasteiger partial charge in [-0.2, -0.15) is 13.2 Å². The molecule has 7 heteroatoms. The molecule has 0 radical (unpaired) electrons. The van der Waals surface area contributed by atoms with E-state index in [1.54, 1.807) is 6.07 Å². The van der Waals surface area contributed by atoms with Gasteiger partial charge in [0.2, 0.25) is 11.8 Å². The lowest BCUT2D eigenvalue weighted by Crippen LogP contribution is -2.49. The number of piperidine rings is 1. The maximum Gasteiger partial charge on any atom is 0.416 e. The molecule has 0 aromatic heterocycles. The second-order valence-electron chi connectivity index (χ2n) is 9.68. The van der Waals surface area contributed by atoms with Crippen LogP contribution in [-0.2, 0) is 22.3 Å². The second-order valence-corrected chi connectivity index (χ2v) is 9.68. The molecule has 34 heavy (non-hydrogen) atoms. The monoisotopic (exact) mass is 472 g/mol. The van der Waals surface area contributed by atoms with Crippen molar-refractivity contribution < 1.29 is 22.8 Å². The van der Waals surface area contributed by atoms with Crippen molar-refractivity contribution in [1.29, 1.82) is 0 Å². The van der Waals surface area contributed by atoms with Gasteiger partial charge in [-0.25, -0.2) is 0 Å². The average molecular weight is 473 g/mol. The summed E-state index contributed by atoms with van der Waals surface area (Å²) >= 11 is 0. The molecule has 2 fully saturated rings. The van der Waals surface area contributed by atoms with Gasteiger partial charge in [0.05, 0.1) is 11.5 Å². The van der Waals surface area contributed by atoms with E-state index in [9.17, 15) is 22.8 Å². The molecule has 2 aliphatic rings. The number of benzene rings is 2. The van der Waals surface area contributed by atoms with E-state index in [0.717, 1.165) is 48.9 Å². The molecule has 1 saturated heterocycles. The van der Waals surface area contributed by atoms with Gasteiger partial charge in [-0.05, 0) is 49.4 Å². The Hall–Kier alpha value is -2.83. The van der Waals surface area contributed by atoms with Crippen LogP contribution in [0.25, 0.3) is 0 Å². The second kappa shape index (κ2) is 10.2. The molecule has 2 amide bonds. The molecule has 2 unspecified atom stereocenters. The van der Waals surface area contributed by atoms with E-state index in [-0.39, 0.29) is 30.2 Å². The highest BCUT2D eigenvalue weighted by molar-refractivity contribution is 5.82. The predicted molar refractivity (Wildman–Crippen MR) is 124 cm³/mol. The zero-order chi connectivity index (χ0) is 24.3. The van der Waals surface area contributed by atoms with Crippen LogP contribution in [0.1, 0.15) is 60.3 Å². The Bertz CT molecular complexity index is 1030. The molecule has 2 aromatic rings. The van der Waals surface area contributed by atoms with Gasteiger partial charge in [-0.1, -0.05) is 54.8 Å². The van der Waals surface area contributed by atoms with Gasteiger partial charge in [0, 0.05) is 31.5 Å². The summed E-state index contributed by atoms with van der Waals surface area (Å²) in [7, 11) is 0. The fraction of sp³-hybridized carbons (Fsp3) is 0.481. The topological polar surface area (TPSA) is 49.4 Å². The third-order valence-electron chi connectivity index (χ3n) is 7.07. The van der Waals surface area contributed by atoms with Crippen LogP contribution in [0, 0.1) is 18.8 Å². The van der Waals surface area contributed by atoms with Crippen LogP contribution in [0.2, 0.25) is 0 Å². The Labute approximate surface area is 198 Å². The van der Waals surface area contributed by atoms with Crippen LogP contribution >= 0.6 is 0 Å². The highest BCUT2D eigenvalue weighted by atomic mass is 19.4. The van der Waals surface area contributed by atoms with Crippen molar-refractivity contribution in [3.8, 4) is 0 Å². The van der Waals surface area contributed by atoms with Crippen LogP contribution < -0.4 is 5.32 Å². The molecule has 1 aliphatic heterocycles. The molecule has 2 aromatic carbocycles. The Balaban J connectivity index is 1.48. The number of likely N-dealkylation sites (tertiary alicyclic amines) is 1. The summed E-state index contributed by atoms with van der Waals surface area (Å²) in [4.78, 5) is 28.2. The first kappa shape index (κ1) is 24.3. The Morgan fingerprint density at radius 2 is 1.74 bits per heavy atom. The minimum atomic E-state index is -4.43. The van der Waals surface area contributed by atoms with E-state index in [1.807, 2.05) is 30.0 Å². The summed E-state index contributed by atoms with van der Waals surface area (Å²) in [6.45, 7) is 2.99. The quantitative estimate of drug-likeness (QED) is 0.629. The van der Waals surface area contributed by atoms with Crippen molar-refractivity contribution >= 4 is 11.8 Å². The summed E-state index contributed by atoms with van der Waals surface area (Å²) in [6.07, 6.45) is 0.102. The Morgan fingerprint density at radius 3 is 2.44 bits per heavy atom. The fourth-order valence-electron chi connectivity index (χ4n) is 5.26. The normalized spacial score (nSPS) is 21.5. The van der Waals surface area contributed by atoms with Crippen LogP contribution in [0.3, 0.4) is 0 Å². The van der Waals surface area contributed by atoms with E-state index in [1.165, 1.54) is 6.07 Å². The standard InChI is InChI=1S/C27H31F3N2O2/c1-18-6-4-10-21(12-18)22-14-23(17-32(16-22)26(34)20-8-2-3-9-20)25(33)31-15-19-7-5-11-24(13-19)27(28,29)30/h4-7,10-13,20,22-23H,2-3,8-9,14-17H2,1H3,(H,31,33). The summed E-state index contributed by atoms with van der Waals surface area (Å²) in [6, 6.07) is 13.2. The van der Waals surface area contributed by atoms with E-state index < -0.39 is 17.7 Å². The highest BCUT2D eigenvalue weighted by Crippen LogP contribution is 2.34. The average Bonchev–Trinajstić information content (AvgIpc) is 3.36. The van der Waals surface area contributed by atoms with E-state index in [4.69, 9.17) is 0 Å². The van der Waals surface area contributed by atoms with Gasteiger partial charge in [-0.3, -0.25) is 9.59 Å². The van der Waals surface area contributed by atoms with Gasteiger partial charge in [0.1, 0.15) is 0 Å². The third-order valence-corrected chi connectivity index (χ3v) is 7.07. The van der Waals surface area contributed by atoms with Crippen molar-refractivity contribution in [2.24, 2.45) is 11.8 Å². The minimum absolute atomic E-state index is 0.0188. The fourth-order valence-corrected chi connectivity index (χ4v) is 5.26. The summed E-state index contributed by atoms with van der Waals surface area (Å²) in [5.41, 5.74) is 1.90. The van der Waals surface area contributed by atoms with Crippen molar-refractivity contribution in [2.45, 2.75) is 57.7 Å². The lowest BCUT2D eigenvalue weighted by Gasteiger charge is -2.38.